The molecule has 4 aliphatic carbocycles. The Morgan fingerprint density at radius 2 is 0.831 bits per heavy atom. The van der Waals surface area contributed by atoms with E-state index in [0.29, 0.717) is 51.4 Å². The maximum Gasteiger partial charge on any atom is 0.296 e. The highest BCUT2D eigenvalue weighted by molar-refractivity contribution is 8.19. The first-order valence-corrected chi connectivity index (χ1v) is 23.9. The van der Waals surface area contributed by atoms with Crippen molar-refractivity contribution in [2.75, 3.05) is 32.7 Å². The van der Waals surface area contributed by atoms with Crippen molar-refractivity contribution in [1.82, 2.24) is 15.0 Å². The van der Waals surface area contributed by atoms with Crippen LogP contribution in [0.25, 0.3) is 0 Å². The molecule has 65 heavy (non-hydrogen) atoms. The SMILES string of the molecule is Nc1c(S(O)(O)O)cc(NC2CCC(Nc3nc(Cl)nc(NC4CCC(Nc5cc(S(=O)(=O)O)c(N)c6c5C(=O)c5ccccc5C6=O)CC4)n3)CC2)c2c1C(=O)c1ccccc1C2=O. The van der Waals surface area contributed by atoms with Crippen LogP contribution in [0.5, 0.6) is 0 Å². The Hall–Kier alpha value is -6.20. The number of benzene rings is 4. The Bertz CT molecular complexity index is 2970. The maximum absolute atomic E-state index is 13.8. The number of aromatic nitrogens is 3. The second-order valence-corrected chi connectivity index (χ2v) is 19.7. The molecule has 0 atom stereocenters. The molecule has 338 valence electrons. The Morgan fingerprint density at radius 1 is 0.508 bits per heavy atom. The van der Waals surface area contributed by atoms with Crippen molar-refractivity contribution in [3.63, 3.8) is 0 Å². The van der Waals surface area contributed by atoms with E-state index in [4.69, 9.17) is 23.1 Å². The van der Waals surface area contributed by atoms with E-state index in [1.807, 2.05) is 0 Å². The summed E-state index contributed by atoms with van der Waals surface area (Å²) in [5, 5.41) is 13.2. The third-order valence-corrected chi connectivity index (χ3v) is 14.4. The lowest BCUT2D eigenvalue weighted by molar-refractivity contribution is 0.0980. The summed E-state index contributed by atoms with van der Waals surface area (Å²) in [6, 6.07) is 14.1. The summed E-state index contributed by atoms with van der Waals surface area (Å²) in [5.74, 6) is -1.66. The van der Waals surface area contributed by atoms with E-state index < -0.39 is 59.6 Å². The topological polar surface area (TPSA) is 322 Å². The molecular formula is C43H42ClN9O10S2. The van der Waals surface area contributed by atoms with Gasteiger partial charge in [0.2, 0.25) is 17.2 Å². The highest BCUT2D eigenvalue weighted by atomic mass is 35.5. The first kappa shape index (κ1) is 44.0. The number of carbonyl (C=O) groups is 4. The first-order chi connectivity index (χ1) is 30.9. The lowest BCUT2D eigenvalue weighted by Crippen LogP contribution is -2.35. The van der Waals surface area contributed by atoms with Crippen LogP contribution < -0.4 is 32.7 Å². The van der Waals surface area contributed by atoms with Crippen molar-refractivity contribution in [3.05, 3.63) is 110 Å². The minimum atomic E-state index is -4.86. The third kappa shape index (κ3) is 8.24. The highest BCUT2D eigenvalue weighted by Crippen LogP contribution is 2.52. The Morgan fingerprint density at radius 3 is 1.18 bits per heavy atom. The van der Waals surface area contributed by atoms with E-state index >= 15 is 0 Å². The largest absolute Gasteiger partial charge is 0.397 e. The summed E-state index contributed by atoms with van der Waals surface area (Å²) in [7, 11) is -9.23. The second kappa shape index (κ2) is 16.7. The van der Waals surface area contributed by atoms with Crippen molar-refractivity contribution in [3.8, 4) is 0 Å². The van der Waals surface area contributed by atoms with Crippen molar-refractivity contribution >= 4 is 90.4 Å². The highest BCUT2D eigenvalue weighted by Gasteiger charge is 2.39. The number of hydrogen-bond acceptors (Lipinski definition) is 18. The molecule has 9 rings (SSSR count). The average Bonchev–Trinajstić information content (AvgIpc) is 3.26. The molecule has 0 spiro atoms. The molecule has 19 nitrogen and oxygen atoms in total. The number of carbonyl (C=O) groups excluding carboxylic acids is 4. The standard InChI is InChI=1S/C43H42ClN9O10S2/c44-41-51-42(49-21-13-9-19(10-14-21)47-27-17-29(64(58,59)60)35(45)33-31(27)37(54)23-5-1-3-7-25(23)39(33)56)53-43(52-41)50-22-15-11-20(12-16-22)48-28-18-30(65(61,62)63)36(46)34-32(28)38(55)24-6-2-4-8-26(24)40(34)57/h1-8,17-22,47-48,58-60H,9-16,45-46H2,(H,61,62,63)(H2,49,50,51,52,53). The summed E-state index contributed by atoms with van der Waals surface area (Å²) in [4.78, 5) is 66.7. The number of nitrogens with two attached hydrogens (primary N) is 2. The molecule has 1 heterocycles. The van der Waals surface area contributed by atoms with E-state index in [9.17, 15) is 45.8 Å². The molecule has 0 saturated heterocycles. The first-order valence-electron chi connectivity index (χ1n) is 20.6. The molecule has 4 aromatic carbocycles. The van der Waals surface area contributed by atoms with Gasteiger partial charge in [-0.1, -0.05) is 48.5 Å². The summed E-state index contributed by atoms with van der Waals surface area (Å²) in [6.45, 7) is 0. The van der Waals surface area contributed by atoms with Crippen molar-refractivity contribution < 1.29 is 45.8 Å². The minimum Gasteiger partial charge on any atom is -0.397 e. The van der Waals surface area contributed by atoms with Crippen molar-refractivity contribution in [2.24, 2.45) is 0 Å². The van der Waals surface area contributed by atoms with Gasteiger partial charge in [-0.05, 0) is 75.1 Å². The quantitative estimate of drug-likeness (QED) is 0.0501. The number of nitrogen functional groups attached to an aromatic ring is 2. The van der Waals surface area contributed by atoms with Crippen molar-refractivity contribution in [2.45, 2.75) is 85.3 Å². The van der Waals surface area contributed by atoms with Crippen LogP contribution >= 0.6 is 22.5 Å². The zero-order valence-corrected chi connectivity index (χ0v) is 36.6. The average molecular weight is 944 g/mol. The maximum atomic E-state index is 13.8. The van der Waals surface area contributed by atoms with Gasteiger partial charge in [-0.2, -0.15) is 23.4 Å². The number of halogens is 1. The number of hydrogen-bond donors (Lipinski definition) is 10. The molecule has 2 fully saturated rings. The van der Waals surface area contributed by atoms with Gasteiger partial charge in [0, 0.05) is 57.8 Å². The van der Waals surface area contributed by atoms with Crippen LogP contribution in [0.1, 0.15) is 115 Å². The fraction of sp³-hybridized carbons (Fsp3) is 0.279. The monoisotopic (exact) mass is 943 g/mol. The molecule has 5 aromatic rings. The number of nitrogens with one attached hydrogen (secondary N) is 4. The molecule has 22 heteroatoms. The summed E-state index contributed by atoms with van der Waals surface area (Å²) in [5.41, 5.74) is 11.7. The fourth-order valence-electron chi connectivity index (χ4n) is 9.30. The molecule has 12 N–H and O–H groups in total. The molecule has 0 radical (unpaired) electrons. The molecular weight excluding hydrogens is 902 g/mol. The summed E-state index contributed by atoms with van der Waals surface area (Å²) < 4.78 is 65.4. The van der Waals surface area contributed by atoms with Gasteiger partial charge in [-0.15, -0.1) is 0 Å². The smallest absolute Gasteiger partial charge is 0.296 e. The second-order valence-electron chi connectivity index (χ2n) is 16.5. The van der Waals surface area contributed by atoms with Gasteiger partial charge in [0.15, 0.2) is 23.1 Å². The number of anilines is 6. The van der Waals surface area contributed by atoms with E-state index in [1.165, 1.54) is 24.3 Å². The molecule has 4 aliphatic rings. The third-order valence-electron chi connectivity index (χ3n) is 12.4. The number of nitrogens with zero attached hydrogens (tertiary/aromatic N) is 3. The van der Waals surface area contributed by atoms with E-state index in [2.05, 4.69) is 36.2 Å². The van der Waals surface area contributed by atoms with E-state index in [-0.39, 0.29) is 103 Å². The Labute approximate surface area is 378 Å². The number of ketones is 4. The zero-order chi connectivity index (χ0) is 46.1. The lowest BCUT2D eigenvalue weighted by atomic mass is 9.82. The molecule has 2 saturated carbocycles. The van der Waals surface area contributed by atoms with Crippen LogP contribution in [0.15, 0.2) is 70.5 Å². The predicted molar refractivity (Wildman–Crippen MR) is 243 cm³/mol. The summed E-state index contributed by atoms with van der Waals surface area (Å²) in [6.07, 6.45) is 4.69. The van der Waals surface area contributed by atoms with Crippen LogP contribution in [0.4, 0.5) is 34.6 Å². The number of rotatable bonds is 10. The van der Waals surface area contributed by atoms with Gasteiger partial charge >= 0.3 is 0 Å². The van der Waals surface area contributed by atoms with Gasteiger partial charge in [0.1, 0.15) is 15.8 Å². The van der Waals surface area contributed by atoms with Crippen LogP contribution in [-0.4, -0.2) is 88.9 Å². The molecule has 0 bridgehead atoms. The number of fused-ring (bicyclic) bond motifs is 4. The van der Waals surface area contributed by atoms with Gasteiger partial charge < -0.3 is 46.4 Å². The lowest BCUT2D eigenvalue weighted by Gasteiger charge is -2.33. The van der Waals surface area contributed by atoms with Gasteiger partial charge in [-0.25, -0.2) is 0 Å². The molecule has 0 aliphatic heterocycles. The molecule has 0 amide bonds. The normalized spacial score (nSPS) is 20.8. The van der Waals surface area contributed by atoms with Crippen LogP contribution in [0, 0.1) is 0 Å². The van der Waals surface area contributed by atoms with Gasteiger partial charge in [0.25, 0.3) is 10.1 Å². The van der Waals surface area contributed by atoms with Gasteiger partial charge in [-0.3, -0.25) is 23.7 Å². The molecule has 0 unspecified atom stereocenters. The Kier molecular flexibility index (Phi) is 11.3. The fourth-order valence-corrected chi connectivity index (χ4v) is 10.8. The van der Waals surface area contributed by atoms with Gasteiger partial charge in [0.05, 0.1) is 38.5 Å². The van der Waals surface area contributed by atoms with Crippen LogP contribution in [0.3, 0.4) is 0 Å². The molecule has 1 aromatic heterocycles. The van der Waals surface area contributed by atoms with Crippen LogP contribution in [0.2, 0.25) is 5.28 Å². The minimum absolute atomic E-state index is 0.00118. The Balaban J connectivity index is 0.841. The predicted octanol–water partition coefficient (Wildman–Crippen LogP) is 6.74. The zero-order valence-electron chi connectivity index (χ0n) is 34.2. The van der Waals surface area contributed by atoms with Crippen molar-refractivity contribution in [1.29, 1.82) is 0 Å². The van der Waals surface area contributed by atoms with E-state index in [1.54, 1.807) is 30.3 Å². The van der Waals surface area contributed by atoms with E-state index in [0.717, 1.165) is 6.07 Å². The van der Waals surface area contributed by atoms with Crippen LogP contribution in [-0.2, 0) is 10.1 Å². The summed E-state index contributed by atoms with van der Waals surface area (Å²) >= 11 is 6.35.